The third kappa shape index (κ3) is 9.82. The number of rotatable bonds is 12. The van der Waals surface area contributed by atoms with Crippen LogP contribution in [0.4, 0.5) is 10.5 Å². The molecule has 1 rings (SSSR count). The van der Waals surface area contributed by atoms with Gasteiger partial charge in [0, 0.05) is 12.1 Å². The van der Waals surface area contributed by atoms with Gasteiger partial charge >= 0.3 is 18.0 Å². The largest absolute Gasteiger partial charge is 0.481 e. The summed E-state index contributed by atoms with van der Waals surface area (Å²) in [6.07, 6.45) is -1.66. The monoisotopic (exact) mass is 490 g/mol. The molecule has 1 aromatic carbocycles. The molecule has 1 amide bonds. The number of non-ortho nitro benzene ring substituents is 1. The summed E-state index contributed by atoms with van der Waals surface area (Å²) in [5.74, 6) is -4.00. The minimum Gasteiger partial charge on any atom is -0.481 e. The fourth-order valence-electron chi connectivity index (χ4n) is 2.60. The van der Waals surface area contributed by atoms with Gasteiger partial charge in [-0.3, -0.25) is 19.1 Å². The average molecular weight is 490 g/mol. The lowest BCUT2D eigenvalue weighted by atomic mass is 9.95. The van der Waals surface area contributed by atoms with Crippen LogP contribution < -0.4 is 5.32 Å². The summed E-state index contributed by atoms with van der Waals surface area (Å²) in [5.41, 5.74) is -1.18. The summed E-state index contributed by atoms with van der Waals surface area (Å²) < 4.78 is 34.1. The van der Waals surface area contributed by atoms with Crippen molar-refractivity contribution in [3.8, 4) is 0 Å². The molecule has 14 heteroatoms. The highest BCUT2D eigenvalue weighted by molar-refractivity contribution is 7.86. The normalized spacial score (nSPS) is 13.5. The molecule has 0 aromatic heterocycles. The number of aliphatic carboxylic acids is 2. The summed E-state index contributed by atoms with van der Waals surface area (Å²) >= 11 is 0. The Kier molecular flexibility index (Phi) is 9.73. The van der Waals surface area contributed by atoms with Gasteiger partial charge < -0.3 is 20.3 Å². The maximum Gasteiger partial charge on any atom is 0.408 e. The van der Waals surface area contributed by atoms with E-state index in [-0.39, 0.29) is 23.4 Å². The molecule has 0 aliphatic carbocycles. The number of carbonyl (C=O) groups excluding carboxylic acids is 1. The van der Waals surface area contributed by atoms with Crippen LogP contribution in [-0.4, -0.2) is 59.8 Å². The molecule has 0 unspecified atom stereocenters. The summed E-state index contributed by atoms with van der Waals surface area (Å²) in [5, 5.41) is 31.4. The maximum absolute atomic E-state index is 12.1. The lowest BCUT2D eigenvalue weighted by Crippen LogP contribution is -2.45. The van der Waals surface area contributed by atoms with Gasteiger partial charge in [-0.1, -0.05) is 0 Å². The van der Waals surface area contributed by atoms with Gasteiger partial charge in [0.1, 0.15) is 11.6 Å². The lowest BCUT2D eigenvalue weighted by molar-refractivity contribution is -0.384. The Morgan fingerprint density at radius 1 is 1.12 bits per heavy atom. The predicted molar refractivity (Wildman–Crippen MR) is 112 cm³/mol. The Morgan fingerprint density at radius 2 is 1.70 bits per heavy atom. The minimum atomic E-state index is -4.23. The molecule has 0 radical (unpaired) electrons. The molecule has 0 saturated carbocycles. The molecule has 0 heterocycles. The second-order valence-electron chi connectivity index (χ2n) is 7.98. The van der Waals surface area contributed by atoms with Gasteiger partial charge in [-0.15, -0.1) is 0 Å². The van der Waals surface area contributed by atoms with E-state index in [4.69, 9.17) is 8.92 Å². The van der Waals surface area contributed by atoms with E-state index in [1.807, 2.05) is 0 Å². The number of hydrogen-bond acceptors (Lipinski definition) is 9. The number of nitrogens with zero attached hydrogens (tertiary/aromatic N) is 1. The van der Waals surface area contributed by atoms with E-state index in [1.54, 1.807) is 20.8 Å². The Balaban J connectivity index is 2.67. The van der Waals surface area contributed by atoms with E-state index in [0.29, 0.717) is 0 Å². The average Bonchev–Trinajstić information content (AvgIpc) is 2.67. The van der Waals surface area contributed by atoms with Gasteiger partial charge in [0.05, 0.1) is 22.3 Å². The van der Waals surface area contributed by atoms with Crippen LogP contribution in [0.3, 0.4) is 0 Å². The van der Waals surface area contributed by atoms with Gasteiger partial charge in [-0.2, -0.15) is 8.42 Å². The molecule has 1 aromatic rings. The van der Waals surface area contributed by atoms with E-state index >= 15 is 0 Å². The molecule has 0 bridgehead atoms. The van der Waals surface area contributed by atoms with Gasteiger partial charge in [-0.05, 0) is 52.2 Å². The highest BCUT2D eigenvalue weighted by Gasteiger charge is 2.30. The van der Waals surface area contributed by atoms with Crippen molar-refractivity contribution in [1.29, 1.82) is 0 Å². The fraction of sp³-hybridized carbons (Fsp3) is 0.526. The molecule has 2 atom stereocenters. The van der Waals surface area contributed by atoms with Crippen LogP contribution >= 0.6 is 0 Å². The third-order valence-corrected chi connectivity index (χ3v) is 5.46. The van der Waals surface area contributed by atoms with Crippen LogP contribution in [0.25, 0.3) is 0 Å². The van der Waals surface area contributed by atoms with Crippen LogP contribution in [0, 0.1) is 16.0 Å². The smallest absolute Gasteiger partial charge is 0.408 e. The van der Waals surface area contributed by atoms with E-state index < -0.39 is 63.7 Å². The Hall–Kier alpha value is -3.26. The molecule has 0 aliphatic heterocycles. The number of carboxylic acids is 2. The first-order valence-electron chi connectivity index (χ1n) is 9.71. The third-order valence-electron chi connectivity index (χ3n) is 4.13. The SMILES string of the molecule is CC(C)(C)OC(=O)N[C@H](C[C@H](CCCOS(=O)(=O)c1ccc([N+](=O)[O-])cc1)C(=O)O)C(=O)O. The first-order chi connectivity index (χ1) is 15.1. The molecule has 0 spiro atoms. The quantitative estimate of drug-likeness (QED) is 0.168. The predicted octanol–water partition coefficient (Wildman–Crippen LogP) is 2.15. The van der Waals surface area contributed by atoms with Crippen LogP contribution in [0.1, 0.15) is 40.0 Å². The molecular formula is C19H26N2O11S. The Morgan fingerprint density at radius 3 is 2.15 bits per heavy atom. The van der Waals surface area contributed by atoms with Crippen molar-refractivity contribution in [1.82, 2.24) is 5.32 Å². The van der Waals surface area contributed by atoms with Gasteiger partial charge in [0.25, 0.3) is 15.8 Å². The molecule has 33 heavy (non-hydrogen) atoms. The van der Waals surface area contributed by atoms with Crippen LogP contribution in [-0.2, 0) is 28.6 Å². The number of hydrogen-bond donors (Lipinski definition) is 3. The van der Waals surface area contributed by atoms with Crippen molar-refractivity contribution in [2.24, 2.45) is 5.92 Å². The number of benzene rings is 1. The number of nitro benzene ring substituents is 1. The molecule has 0 saturated heterocycles. The summed E-state index contributed by atoms with van der Waals surface area (Å²) in [7, 11) is -4.23. The first kappa shape index (κ1) is 27.8. The van der Waals surface area contributed by atoms with Crippen molar-refractivity contribution in [3.05, 3.63) is 34.4 Å². The summed E-state index contributed by atoms with van der Waals surface area (Å²) in [4.78, 5) is 44.4. The fourth-order valence-corrected chi connectivity index (χ4v) is 3.54. The van der Waals surface area contributed by atoms with E-state index in [0.717, 1.165) is 24.3 Å². The van der Waals surface area contributed by atoms with Crippen LogP contribution in [0.5, 0.6) is 0 Å². The van der Waals surface area contributed by atoms with Gasteiger partial charge in [0.2, 0.25) is 0 Å². The Bertz CT molecular complexity index is 968. The highest BCUT2D eigenvalue weighted by atomic mass is 32.2. The van der Waals surface area contributed by atoms with Crippen molar-refractivity contribution in [3.63, 3.8) is 0 Å². The molecule has 3 N–H and O–H groups in total. The molecule has 13 nitrogen and oxygen atoms in total. The Labute approximate surface area is 190 Å². The molecule has 0 fully saturated rings. The first-order valence-corrected chi connectivity index (χ1v) is 11.1. The van der Waals surface area contributed by atoms with Crippen LogP contribution in [0.2, 0.25) is 0 Å². The number of carbonyl (C=O) groups is 3. The topological polar surface area (TPSA) is 199 Å². The number of alkyl carbamates (subject to hydrolysis) is 1. The maximum atomic E-state index is 12.1. The van der Waals surface area contributed by atoms with Crippen molar-refractivity contribution >= 4 is 33.8 Å². The van der Waals surface area contributed by atoms with Crippen molar-refractivity contribution < 1.29 is 46.9 Å². The van der Waals surface area contributed by atoms with Gasteiger partial charge in [-0.25, -0.2) is 9.59 Å². The van der Waals surface area contributed by atoms with Gasteiger partial charge in [0.15, 0.2) is 0 Å². The molecule has 184 valence electrons. The number of nitro groups is 1. The zero-order chi connectivity index (χ0) is 25.4. The zero-order valence-electron chi connectivity index (χ0n) is 18.2. The number of nitrogens with one attached hydrogen (secondary N) is 1. The number of ether oxygens (including phenoxy) is 1. The summed E-state index contributed by atoms with van der Waals surface area (Å²) in [6.45, 7) is 4.33. The highest BCUT2D eigenvalue weighted by Crippen LogP contribution is 2.20. The standard InChI is InChI=1S/C19H26N2O11S/c1-19(2,3)32-18(26)20-15(17(24)25)11-12(16(22)23)5-4-10-31-33(29,30)14-8-6-13(7-9-14)21(27)28/h6-9,12,15H,4-5,10-11H2,1-3H3,(H,20,26)(H,22,23)(H,24,25)/t12-,15+/m0/s1. The van der Waals surface area contributed by atoms with E-state index in [1.165, 1.54) is 0 Å². The second kappa shape index (κ2) is 11.6. The number of amides is 1. The minimum absolute atomic E-state index is 0.0536. The molecular weight excluding hydrogens is 464 g/mol. The van der Waals surface area contributed by atoms with E-state index in [9.17, 15) is 43.1 Å². The number of carboxylic acid groups (broad SMARTS) is 2. The zero-order valence-corrected chi connectivity index (χ0v) is 19.0. The van der Waals surface area contributed by atoms with E-state index in [2.05, 4.69) is 5.32 Å². The van der Waals surface area contributed by atoms with Crippen molar-refractivity contribution in [2.45, 2.75) is 56.6 Å². The second-order valence-corrected chi connectivity index (χ2v) is 9.59. The lowest BCUT2D eigenvalue weighted by Gasteiger charge is -2.23. The molecule has 0 aliphatic rings. The van der Waals surface area contributed by atoms with Crippen molar-refractivity contribution in [2.75, 3.05) is 6.61 Å². The van der Waals surface area contributed by atoms with Crippen LogP contribution in [0.15, 0.2) is 29.2 Å². The summed E-state index contributed by atoms with van der Waals surface area (Å²) in [6, 6.07) is 2.48.